The number of nitrogens with zero attached hydrogens (tertiary/aromatic N) is 2. The molecule has 1 aromatic rings. The Labute approximate surface area is 168 Å². The summed E-state index contributed by atoms with van der Waals surface area (Å²) >= 11 is 0. The largest absolute Gasteiger partial charge is 0.315 e. The molecule has 1 aromatic carbocycles. The van der Waals surface area contributed by atoms with Crippen LogP contribution >= 0.6 is 0 Å². The van der Waals surface area contributed by atoms with Crippen molar-refractivity contribution in [2.24, 2.45) is 0 Å². The zero-order valence-corrected chi connectivity index (χ0v) is 16.1. The molecular formula is C21H24N4O4. The monoisotopic (exact) mass is 396 g/mol. The summed E-state index contributed by atoms with van der Waals surface area (Å²) in [5.74, 6) is -1.81. The van der Waals surface area contributed by atoms with Crippen LogP contribution in [0.25, 0.3) is 0 Å². The molecule has 0 radical (unpaired) electrons. The maximum Gasteiger partial charge on any atom is 0.262 e. The van der Waals surface area contributed by atoms with Gasteiger partial charge in [0, 0.05) is 31.6 Å². The first-order valence-corrected chi connectivity index (χ1v) is 10.3. The molecule has 3 atom stereocenters. The topological polar surface area (TPSA) is 98.8 Å². The third kappa shape index (κ3) is 2.98. The average molecular weight is 396 g/mol. The van der Waals surface area contributed by atoms with Crippen LogP contribution < -0.4 is 10.6 Å². The zero-order valence-electron chi connectivity index (χ0n) is 16.1. The minimum atomic E-state index is -0.925. The molecular weight excluding hydrogens is 372 g/mol. The highest BCUT2D eigenvalue weighted by Crippen LogP contribution is 2.34. The van der Waals surface area contributed by atoms with Gasteiger partial charge in [0.05, 0.1) is 11.1 Å². The van der Waals surface area contributed by atoms with Crippen LogP contribution in [0.2, 0.25) is 0 Å². The van der Waals surface area contributed by atoms with Crippen molar-refractivity contribution in [2.45, 2.75) is 56.8 Å². The van der Waals surface area contributed by atoms with Crippen LogP contribution in [0.1, 0.15) is 58.4 Å². The molecule has 0 saturated carbocycles. The number of carbonyl (C=O) groups is 4. The first-order chi connectivity index (χ1) is 14.0. The van der Waals surface area contributed by atoms with Gasteiger partial charge >= 0.3 is 0 Å². The summed E-state index contributed by atoms with van der Waals surface area (Å²) in [5, 5.41) is 5.72. The Morgan fingerprint density at radius 3 is 2.62 bits per heavy atom. The molecule has 152 valence electrons. The smallest absolute Gasteiger partial charge is 0.262 e. The summed E-state index contributed by atoms with van der Waals surface area (Å²) < 4.78 is 0. The molecule has 0 aromatic heterocycles. The molecule has 8 heteroatoms. The Kier molecular flexibility index (Phi) is 4.48. The lowest BCUT2D eigenvalue weighted by molar-refractivity contribution is -0.136. The van der Waals surface area contributed by atoms with Gasteiger partial charge in [-0.25, -0.2) is 0 Å². The third-order valence-electron chi connectivity index (χ3n) is 6.71. The van der Waals surface area contributed by atoms with E-state index < -0.39 is 23.8 Å². The Morgan fingerprint density at radius 2 is 1.79 bits per heavy atom. The summed E-state index contributed by atoms with van der Waals surface area (Å²) in [7, 11) is 0. The quantitative estimate of drug-likeness (QED) is 0.719. The van der Waals surface area contributed by atoms with Crippen molar-refractivity contribution in [2.75, 3.05) is 13.1 Å². The van der Waals surface area contributed by atoms with Gasteiger partial charge in [-0.05, 0) is 43.9 Å². The van der Waals surface area contributed by atoms with E-state index in [4.69, 9.17) is 0 Å². The second-order valence-corrected chi connectivity index (χ2v) is 8.34. The molecule has 0 aliphatic carbocycles. The van der Waals surface area contributed by atoms with Crippen molar-refractivity contribution in [3.8, 4) is 0 Å². The van der Waals surface area contributed by atoms with E-state index in [1.54, 1.807) is 6.07 Å². The first kappa shape index (κ1) is 18.4. The minimum absolute atomic E-state index is 0.126. The van der Waals surface area contributed by atoms with Crippen LogP contribution in [0.4, 0.5) is 0 Å². The normalized spacial score (nSPS) is 29.8. The van der Waals surface area contributed by atoms with Crippen LogP contribution in [-0.4, -0.2) is 64.6 Å². The molecule has 5 rings (SSSR count). The Bertz CT molecular complexity index is 900. The summed E-state index contributed by atoms with van der Waals surface area (Å²) in [6, 6.07) is 5.39. The first-order valence-electron chi connectivity index (χ1n) is 10.3. The van der Waals surface area contributed by atoms with E-state index in [1.807, 2.05) is 12.1 Å². The lowest BCUT2D eigenvalue weighted by Crippen LogP contribution is -2.54. The Hall–Kier alpha value is -2.58. The number of benzene rings is 1. The number of nitrogens with one attached hydrogen (secondary N) is 2. The van der Waals surface area contributed by atoms with Gasteiger partial charge in [-0.1, -0.05) is 12.1 Å². The molecule has 3 saturated heterocycles. The second kappa shape index (κ2) is 7.03. The third-order valence-corrected chi connectivity index (χ3v) is 6.71. The van der Waals surface area contributed by atoms with Crippen LogP contribution in [0.5, 0.6) is 0 Å². The highest BCUT2D eigenvalue weighted by molar-refractivity contribution is 6.24. The SMILES string of the molecule is O=C1CCC(N2C(=O)c3cccc(CN4C5CCNCC4CC5)c3C2=O)C(=O)N1. The number of imide groups is 2. The van der Waals surface area contributed by atoms with Gasteiger partial charge in [0.1, 0.15) is 6.04 Å². The average Bonchev–Trinajstić information content (AvgIpc) is 3.08. The van der Waals surface area contributed by atoms with Gasteiger partial charge in [0.2, 0.25) is 11.8 Å². The van der Waals surface area contributed by atoms with Gasteiger partial charge in [-0.3, -0.25) is 34.3 Å². The molecule has 0 spiro atoms. The van der Waals surface area contributed by atoms with E-state index in [2.05, 4.69) is 15.5 Å². The van der Waals surface area contributed by atoms with Crippen molar-refractivity contribution in [3.05, 3.63) is 34.9 Å². The molecule has 3 unspecified atom stereocenters. The predicted octanol–water partition coefficient (Wildman–Crippen LogP) is 0.414. The van der Waals surface area contributed by atoms with Crippen molar-refractivity contribution in [1.82, 2.24) is 20.4 Å². The van der Waals surface area contributed by atoms with Crippen molar-refractivity contribution in [3.63, 3.8) is 0 Å². The van der Waals surface area contributed by atoms with Gasteiger partial charge in [0.15, 0.2) is 0 Å². The van der Waals surface area contributed by atoms with Crippen LogP contribution in [0, 0.1) is 0 Å². The summed E-state index contributed by atoms with van der Waals surface area (Å²) in [6.07, 6.45) is 3.69. The number of carbonyl (C=O) groups excluding carboxylic acids is 4. The fourth-order valence-electron chi connectivity index (χ4n) is 5.25. The lowest BCUT2D eigenvalue weighted by atomic mass is 10.0. The van der Waals surface area contributed by atoms with Crippen LogP contribution in [0.15, 0.2) is 18.2 Å². The van der Waals surface area contributed by atoms with Crippen molar-refractivity contribution in [1.29, 1.82) is 0 Å². The van der Waals surface area contributed by atoms with Gasteiger partial charge in [-0.2, -0.15) is 0 Å². The number of piperidine rings is 1. The molecule has 29 heavy (non-hydrogen) atoms. The summed E-state index contributed by atoms with van der Waals surface area (Å²) in [4.78, 5) is 53.5. The van der Waals surface area contributed by atoms with E-state index in [1.165, 1.54) is 0 Å². The molecule has 4 aliphatic heterocycles. The van der Waals surface area contributed by atoms with Crippen LogP contribution in [-0.2, 0) is 16.1 Å². The number of hydrogen-bond donors (Lipinski definition) is 2. The maximum atomic E-state index is 13.3. The maximum absolute atomic E-state index is 13.3. The van der Waals surface area contributed by atoms with Gasteiger partial charge < -0.3 is 5.32 Å². The molecule has 8 nitrogen and oxygen atoms in total. The van der Waals surface area contributed by atoms with Crippen molar-refractivity contribution < 1.29 is 19.2 Å². The molecule has 4 heterocycles. The number of amides is 4. The van der Waals surface area contributed by atoms with Crippen molar-refractivity contribution >= 4 is 23.6 Å². The Balaban J connectivity index is 1.45. The second-order valence-electron chi connectivity index (χ2n) is 8.34. The van der Waals surface area contributed by atoms with Gasteiger partial charge in [-0.15, -0.1) is 0 Å². The van der Waals surface area contributed by atoms with E-state index in [0.717, 1.165) is 42.8 Å². The molecule has 2 bridgehead atoms. The minimum Gasteiger partial charge on any atom is -0.315 e. The molecule has 3 fully saturated rings. The predicted molar refractivity (Wildman–Crippen MR) is 103 cm³/mol. The molecule has 4 aliphatic rings. The fraction of sp³-hybridized carbons (Fsp3) is 0.524. The summed E-state index contributed by atoms with van der Waals surface area (Å²) in [6.45, 7) is 2.58. The number of rotatable bonds is 3. The van der Waals surface area contributed by atoms with Gasteiger partial charge in [0.25, 0.3) is 11.8 Å². The zero-order chi connectivity index (χ0) is 20.1. The van der Waals surface area contributed by atoms with E-state index in [-0.39, 0.29) is 18.7 Å². The lowest BCUT2D eigenvalue weighted by Gasteiger charge is -2.29. The van der Waals surface area contributed by atoms with E-state index in [0.29, 0.717) is 29.8 Å². The number of hydrogen-bond acceptors (Lipinski definition) is 6. The van der Waals surface area contributed by atoms with Crippen LogP contribution in [0.3, 0.4) is 0 Å². The molecule has 4 amide bonds. The fourth-order valence-corrected chi connectivity index (χ4v) is 5.25. The standard InChI is InChI=1S/C21H24N4O4/c26-17-7-6-16(19(27)23-17)25-20(28)15-3-1-2-12(18(15)21(25)29)11-24-13-4-5-14(24)10-22-9-8-13/h1-3,13-14,16,22H,4-11H2,(H,23,26,27). The Morgan fingerprint density at radius 1 is 0.966 bits per heavy atom. The highest BCUT2D eigenvalue weighted by Gasteiger charge is 2.46. The summed E-state index contributed by atoms with van der Waals surface area (Å²) in [5.41, 5.74) is 1.62. The number of fused-ring (bicyclic) bond motifs is 3. The highest BCUT2D eigenvalue weighted by atomic mass is 16.2. The van der Waals surface area contributed by atoms with E-state index in [9.17, 15) is 19.2 Å². The van der Waals surface area contributed by atoms with E-state index >= 15 is 0 Å². The molecule has 2 N–H and O–H groups in total.